The van der Waals surface area contributed by atoms with Crippen LogP contribution in [0.5, 0.6) is 11.5 Å². The van der Waals surface area contributed by atoms with Crippen molar-refractivity contribution in [2.75, 3.05) is 0 Å². The highest BCUT2D eigenvalue weighted by Gasteiger charge is 2.11. The molecular formula is C17H14O2. The topological polar surface area (TPSA) is 40.5 Å². The molecule has 0 atom stereocenters. The van der Waals surface area contributed by atoms with Crippen molar-refractivity contribution in [2.24, 2.45) is 0 Å². The molecule has 0 aromatic heterocycles. The van der Waals surface area contributed by atoms with Crippen LogP contribution in [0.1, 0.15) is 5.56 Å². The Bertz CT molecular complexity index is 760. The molecule has 2 nitrogen and oxygen atoms in total. The van der Waals surface area contributed by atoms with E-state index >= 15 is 0 Å². The fraction of sp³-hybridized carbons (Fsp3) is 0.0588. The SMILES string of the molecule is Cc1cc(O)ccc1-c1c(O)ccc2ccccc12. The number of hydrogen-bond acceptors (Lipinski definition) is 2. The van der Waals surface area contributed by atoms with E-state index in [0.29, 0.717) is 0 Å². The highest BCUT2D eigenvalue weighted by atomic mass is 16.3. The van der Waals surface area contributed by atoms with Crippen molar-refractivity contribution in [3.8, 4) is 22.6 Å². The summed E-state index contributed by atoms with van der Waals surface area (Å²) in [6.07, 6.45) is 0. The molecule has 3 aromatic rings. The third-order valence-corrected chi connectivity index (χ3v) is 3.39. The highest BCUT2D eigenvalue weighted by Crippen LogP contribution is 2.38. The molecular weight excluding hydrogens is 236 g/mol. The van der Waals surface area contributed by atoms with Gasteiger partial charge in [0.15, 0.2) is 0 Å². The van der Waals surface area contributed by atoms with Crippen LogP contribution in [-0.2, 0) is 0 Å². The van der Waals surface area contributed by atoms with Crippen molar-refractivity contribution in [1.82, 2.24) is 0 Å². The summed E-state index contributed by atoms with van der Waals surface area (Å²) in [5.74, 6) is 0.494. The number of benzene rings is 3. The molecule has 2 N–H and O–H groups in total. The van der Waals surface area contributed by atoms with Crippen LogP contribution in [0.25, 0.3) is 21.9 Å². The lowest BCUT2D eigenvalue weighted by atomic mass is 9.94. The maximum Gasteiger partial charge on any atom is 0.124 e. The van der Waals surface area contributed by atoms with Gasteiger partial charge in [-0.1, -0.05) is 36.4 Å². The summed E-state index contributed by atoms with van der Waals surface area (Å²) in [5.41, 5.74) is 2.69. The Balaban J connectivity index is 2.38. The Labute approximate surface area is 111 Å². The molecule has 94 valence electrons. The van der Waals surface area contributed by atoms with Crippen LogP contribution in [0.2, 0.25) is 0 Å². The molecule has 0 spiro atoms. The average Bonchev–Trinajstić information content (AvgIpc) is 2.40. The molecule has 2 heteroatoms. The number of hydrogen-bond donors (Lipinski definition) is 2. The quantitative estimate of drug-likeness (QED) is 0.678. The van der Waals surface area contributed by atoms with Gasteiger partial charge in [-0.15, -0.1) is 0 Å². The third-order valence-electron chi connectivity index (χ3n) is 3.39. The second kappa shape index (κ2) is 4.32. The van der Waals surface area contributed by atoms with Crippen LogP contribution >= 0.6 is 0 Å². The van der Waals surface area contributed by atoms with Crippen molar-refractivity contribution in [3.63, 3.8) is 0 Å². The first-order valence-corrected chi connectivity index (χ1v) is 6.17. The fourth-order valence-electron chi connectivity index (χ4n) is 2.47. The molecule has 0 amide bonds. The second-order valence-corrected chi connectivity index (χ2v) is 4.68. The number of aryl methyl sites for hydroxylation is 1. The number of aromatic hydroxyl groups is 2. The van der Waals surface area contributed by atoms with Crippen molar-refractivity contribution in [3.05, 3.63) is 60.2 Å². The molecule has 0 aliphatic rings. The van der Waals surface area contributed by atoms with Crippen molar-refractivity contribution >= 4 is 10.8 Å². The van der Waals surface area contributed by atoms with Crippen molar-refractivity contribution < 1.29 is 10.2 Å². The van der Waals surface area contributed by atoms with Gasteiger partial charge in [-0.3, -0.25) is 0 Å². The molecule has 0 heterocycles. The van der Waals surface area contributed by atoms with Gasteiger partial charge in [-0.05, 0) is 47.0 Å². The van der Waals surface area contributed by atoms with E-state index in [1.807, 2.05) is 43.3 Å². The Morgan fingerprint density at radius 2 is 1.63 bits per heavy atom. The van der Waals surface area contributed by atoms with Crippen LogP contribution in [0.4, 0.5) is 0 Å². The predicted molar refractivity (Wildman–Crippen MR) is 77.5 cm³/mol. The van der Waals surface area contributed by atoms with Gasteiger partial charge in [0.05, 0.1) is 0 Å². The second-order valence-electron chi connectivity index (χ2n) is 4.68. The monoisotopic (exact) mass is 250 g/mol. The standard InChI is InChI=1S/C17H14O2/c1-11-10-13(18)7-8-14(11)17-15-5-3-2-4-12(15)6-9-16(17)19/h2-10,18-19H,1H3. The largest absolute Gasteiger partial charge is 0.508 e. The molecule has 0 aliphatic carbocycles. The molecule has 0 aliphatic heterocycles. The maximum atomic E-state index is 10.2. The smallest absolute Gasteiger partial charge is 0.124 e. The van der Waals surface area contributed by atoms with Crippen molar-refractivity contribution in [1.29, 1.82) is 0 Å². The van der Waals surface area contributed by atoms with Crippen molar-refractivity contribution in [2.45, 2.75) is 6.92 Å². The molecule has 0 saturated carbocycles. The molecule has 0 radical (unpaired) electrons. The number of rotatable bonds is 1. The molecule has 0 fully saturated rings. The Hall–Kier alpha value is -2.48. The zero-order chi connectivity index (χ0) is 13.4. The Morgan fingerprint density at radius 3 is 2.42 bits per heavy atom. The number of phenols is 2. The molecule has 3 aromatic carbocycles. The minimum Gasteiger partial charge on any atom is -0.508 e. The van der Waals surface area contributed by atoms with E-state index in [1.165, 1.54) is 0 Å². The van der Waals surface area contributed by atoms with Gasteiger partial charge in [0.1, 0.15) is 11.5 Å². The maximum absolute atomic E-state index is 10.2. The fourth-order valence-corrected chi connectivity index (χ4v) is 2.47. The van der Waals surface area contributed by atoms with Gasteiger partial charge in [-0.2, -0.15) is 0 Å². The van der Waals surface area contributed by atoms with Gasteiger partial charge >= 0.3 is 0 Å². The van der Waals surface area contributed by atoms with Crippen LogP contribution in [0.15, 0.2) is 54.6 Å². The summed E-state index contributed by atoms with van der Waals surface area (Å²) >= 11 is 0. The van der Waals surface area contributed by atoms with E-state index in [9.17, 15) is 10.2 Å². The van der Waals surface area contributed by atoms with Crippen LogP contribution in [0.3, 0.4) is 0 Å². The lowest BCUT2D eigenvalue weighted by Crippen LogP contribution is -1.86. The lowest BCUT2D eigenvalue weighted by Gasteiger charge is -2.12. The molecule has 0 unspecified atom stereocenters. The minimum absolute atomic E-state index is 0.237. The lowest BCUT2D eigenvalue weighted by molar-refractivity contribution is 0.474. The molecule has 3 rings (SSSR count). The predicted octanol–water partition coefficient (Wildman–Crippen LogP) is 4.23. The van der Waals surface area contributed by atoms with Gasteiger partial charge in [0.25, 0.3) is 0 Å². The average molecular weight is 250 g/mol. The highest BCUT2D eigenvalue weighted by molar-refractivity contribution is 6.00. The number of phenolic OH excluding ortho intramolecular Hbond substituents is 2. The van der Waals surface area contributed by atoms with Crippen LogP contribution in [0, 0.1) is 6.92 Å². The summed E-state index contributed by atoms with van der Waals surface area (Å²) in [6, 6.07) is 16.8. The Kier molecular flexibility index (Phi) is 2.64. The van der Waals surface area contributed by atoms with Gasteiger partial charge in [0, 0.05) is 5.56 Å². The van der Waals surface area contributed by atoms with Gasteiger partial charge < -0.3 is 10.2 Å². The summed E-state index contributed by atoms with van der Waals surface area (Å²) in [7, 11) is 0. The first-order valence-electron chi connectivity index (χ1n) is 6.17. The van der Waals surface area contributed by atoms with Gasteiger partial charge in [-0.25, -0.2) is 0 Å². The first kappa shape index (κ1) is 11.6. The molecule has 0 saturated heterocycles. The molecule has 0 bridgehead atoms. The zero-order valence-electron chi connectivity index (χ0n) is 10.6. The summed E-state index contributed by atoms with van der Waals surface area (Å²) in [6.45, 7) is 1.93. The number of fused-ring (bicyclic) bond motifs is 1. The van der Waals surface area contributed by atoms with E-state index in [1.54, 1.807) is 18.2 Å². The van der Waals surface area contributed by atoms with E-state index < -0.39 is 0 Å². The van der Waals surface area contributed by atoms with E-state index in [0.717, 1.165) is 27.5 Å². The van der Waals surface area contributed by atoms with E-state index in [-0.39, 0.29) is 11.5 Å². The van der Waals surface area contributed by atoms with Crippen LogP contribution < -0.4 is 0 Å². The Morgan fingerprint density at radius 1 is 0.842 bits per heavy atom. The summed E-state index contributed by atoms with van der Waals surface area (Å²) < 4.78 is 0. The van der Waals surface area contributed by atoms with E-state index in [4.69, 9.17) is 0 Å². The normalized spacial score (nSPS) is 10.8. The molecule has 19 heavy (non-hydrogen) atoms. The van der Waals surface area contributed by atoms with Gasteiger partial charge in [0.2, 0.25) is 0 Å². The zero-order valence-corrected chi connectivity index (χ0v) is 10.6. The van der Waals surface area contributed by atoms with E-state index in [2.05, 4.69) is 0 Å². The third kappa shape index (κ3) is 1.91. The van der Waals surface area contributed by atoms with Crippen LogP contribution in [-0.4, -0.2) is 10.2 Å². The first-order chi connectivity index (χ1) is 9.16. The minimum atomic E-state index is 0.237. The summed E-state index contributed by atoms with van der Waals surface area (Å²) in [5, 5.41) is 21.8. The summed E-state index contributed by atoms with van der Waals surface area (Å²) in [4.78, 5) is 0.